The van der Waals surface area contributed by atoms with Gasteiger partial charge in [-0.2, -0.15) is 0 Å². The first kappa shape index (κ1) is 18.6. The number of ketones is 1. The van der Waals surface area contributed by atoms with Gasteiger partial charge in [0.25, 0.3) is 0 Å². The zero-order valence-electron chi connectivity index (χ0n) is 15.3. The van der Waals surface area contributed by atoms with Crippen LogP contribution in [0.3, 0.4) is 0 Å². The van der Waals surface area contributed by atoms with E-state index in [-0.39, 0.29) is 5.78 Å². The Balaban J connectivity index is 2.17. The second kappa shape index (κ2) is 8.92. The van der Waals surface area contributed by atoms with Gasteiger partial charge in [-0.25, -0.2) is 0 Å². The van der Waals surface area contributed by atoms with E-state index in [1.165, 1.54) is 5.69 Å². The molecule has 2 aromatic carbocycles. The zero-order valence-corrected chi connectivity index (χ0v) is 15.3. The summed E-state index contributed by atoms with van der Waals surface area (Å²) >= 11 is 0. The average molecular weight is 339 g/mol. The molecule has 0 saturated heterocycles. The molecule has 0 unspecified atom stereocenters. The van der Waals surface area contributed by atoms with Crippen molar-refractivity contribution < 1.29 is 14.3 Å². The van der Waals surface area contributed by atoms with Crippen LogP contribution >= 0.6 is 0 Å². The topological polar surface area (TPSA) is 38.8 Å². The standard InChI is InChI=1S/C21H25NO3/c1-5-22(6-2)17-10-7-16(8-11-17)9-13-20(23)19-15-18(24-3)12-14-21(19)25-4/h7-15H,5-6H2,1-4H3. The fraction of sp³-hybridized carbons (Fsp3) is 0.286. The number of ether oxygens (including phenoxy) is 2. The van der Waals surface area contributed by atoms with Crippen molar-refractivity contribution in [3.05, 3.63) is 59.7 Å². The number of hydrogen-bond acceptors (Lipinski definition) is 4. The molecule has 0 amide bonds. The molecule has 0 bridgehead atoms. The Morgan fingerprint density at radius 2 is 1.68 bits per heavy atom. The molecule has 0 aliphatic rings. The van der Waals surface area contributed by atoms with Crippen molar-refractivity contribution >= 4 is 17.5 Å². The number of anilines is 1. The van der Waals surface area contributed by atoms with E-state index in [1.54, 1.807) is 38.5 Å². The fourth-order valence-electron chi connectivity index (χ4n) is 2.65. The third-order valence-electron chi connectivity index (χ3n) is 4.12. The highest BCUT2D eigenvalue weighted by molar-refractivity contribution is 6.08. The van der Waals surface area contributed by atoms with Crippen LogP contribution in [0.15, 0.2) is 48.5 Å². The number of rotatable bonds is 8. The third kappa shape index (κ3) is 4.63. The van der Waals surface area contributed by atoms with E-state index in [0.717, 1.165) is 18.7 Å². The van der Waals surface area contributed by atoms with Gasteiger partial charge in [0.2, 0.25) is 0 Å². The van der Waals surface area contributed by atoms with E-state index in [1.807, 2.05) is 18.2 Å². The van der Waals surface area contributed by atoms with Gasteiger partial charge in [0.15, 0.2) is 5.78 Å². The van der Waals surface area contributed by atoms with Gasteiger partial charge in [-0.3, -0.25) is 4.79 Å². The summed E-state index contributed by atoms with van der Waals surface area (Å²) in [5.41, 5.74) is 2.65. The molecule has 132 valence electrons. The summed E-state index contributed by atoms with van der Waals surface area (Å²) < 4.78 is 10.5. The lowest BCUT2D eigenvalue weighted by Crippen LogP contribution is -2.21. The highest BCUT2D eigenvalue weighted by Crippen LogP contribution is 2.25. The molecule has 0 atom stereocenters. The minimum atomic E-state index is -0.122. The fourth-order valence-corrected chi connectivity index (χ4v) is 2.65. The van der Waals surface area contributed by atoms with Crippen molar-refractivity contribution in [3.8, 4) is 11.5 Å². The monoisotopic (exact) mass is 339 g/mol. The normalized spacial score (nSPS) is 10.7. The van der Waals surface area contributed by atoms with E-state index in [0.29, 0.717) is 17.1 Å². The Labute approximate surface area is 149 Å². The third-order valence-corrected chi connectivity index (χ3v) is 4.12. The van der Waals surface area contributed by atoms with Gasteiger partial charge in [0.1, 0.15) is 11.5 Å². The Morgan fingerprint density at radius 3 is 2.24 bits per heavy atom. The molecule has 0 radical (unpaired) electrons. The van der Waals surface area contributed by atoms with E-state index >= 15 is 0 Å². The van der Waals surface area contributed by atoms with Crippen LogP contribution in [0.2, 0.25) is 0 Å². The van der Waals surface area contributed by atoms with Crippen molar-refractivity contribution in [1.29, 1.82) is 0 Å². The minimum Gasteiger partial charge on any atom is -0.497 e. The van der Waals surface area contributed by atoms with Crippen LogP contribution in [0.25, 0.3) is 6.08 Å². The number of benzene rings is 2. The lowest BCUT2D eigenvalue weighted by molar-refractivity contribution is 0.104. The van der Waals surface area contributed by atoms with Crippen LogP contribution in [0.4, 0.5) is 5.69 Å². The Morgan fingerprint density at radius 1 is 1.00 bits per heavy atom. The first-order valence-electron chi connectivity index (χ1n) is 8.42. The smallest absolute Gasteiger partial charge is 0.189 e. The highest BCUT2D eigenvalue weighted by Gasteiger charge is 2.11. The van der Waals surface area contributed by atoms with Gasteiger partial charge in [-0.05, 0) is 55.8 Å². The van der Waals surface area contributed by atoms with Crippen molar-refractivity contribution in [3.63, 3.8) is 0 Å². The number of allylic oxidation sites excluding steroid dienone is 1. The van der Waals surface area contributed by atoms with E-state index in [9.17, 15) is 4.79 Å². The van der Waals surface area contributed by atoms with Gasteiger partial charge < -0.3 is 14.4 Å². The quantitative estimate of drug-likeness (QED) is 0.526. The molecular formula is C21H25NO3. The molecule has 0 aliphatic heterocycles. The maximum Gasteiger partial charge on any atom is 0.189 e. The molecule has 0 aliphatic carbocycles. The number of hydrogen-bond donors (Lipinski definition) is 0. The average Bonchev–Trinajstić information content (AvgIpc) is 2.67. The number of carbonyl (C=O) groups is 1. The highest BCUT2D eigenvalue weighted by atomic mass is 16.5. The van der Waals surface area contributed by atoms with Gasteiger partial charge in [-0.1, -0.05) is 18.2 Å². The minimum absolute atomic E-state index is 0.122. The summed E-state index contributed by atoms with van der Waals surface area (Å²) in [6.45, 7) is 6.22. The molecule has 4 heteroatoms. The van der Waals surface area contributed by atoms with Crippen LogP contribution in [0.1, 0.15) is 29.8 Å². The van der Waals surface area contributed by atoms with Crippen LogP contribution < -0.4 is 14.4 Å². The predicted molar refractivity (Wildman–Crippen MR) is 103 cm³/mol. The SMILES string of the molecule is CCN(CC)c1ccc(C=CC(=O)c2cc(OC)ccc2OC)cc1. The van der Waals surface area contributed by atoms with Crippen molar-refractivity contribution in [1.82, 2.24) is 0 Å². The predicted octanol–water partition coefficient (Wildman–Crippen LogP) is 4.45. The van der Waals surface area contributed by atoms with Crippen LogP contribution in [0, 0.1) is 0 Å². The molecule has 0 heterocycles. The molecule has 0 aromatic heterocycles. The first-order chi connectivity index (χ1) is 12.1. The van der Waals surface area contributed by atoms with E-state index < -0.39 is 0 Å². The second-order valence-corrected chi connectivity index (χ2v) is 5.53. The molecule has 4 nitrogen and oxygen atoms in total. The van der Waals surface area contributed by atoms with Crippen molar-refractivity contribution in [2.45, 2.75) is 13.8 Å². The zero-order chi connectivity index (χ0) is 18.2. The largest absolute Gasteiger partial charge is 0.497 e. The summed E-state index contributed by atoms with van der Waals surface area (Å²) in [7, 11) is 3.12. The molecule has 0 saturated carbocycles. The van der Waals surface area contributed by atoms with Gasteiger partial charge in [-0.15, -0.1) is 0 Å². The lowest BCUT2D eigenvalue weighted by Gasteiger charge is -2.20. The number of nitrogens with zero attached hydrogens (tertiary/aromatic N) is 1. The summed E-state index contributed by atoms with van der Waals surface area (Å²) in [4.78, 5) is 14.8. The van der Waals surface area contributed by atoms with Gasteiger partial charge in [0, 0.05) is 18.8 Å². The van der Waals surface area contributed by atoms with Crippen molar-refractivity contribution in [2.75, 3.05) is 32.2 Å². The summed E-state index contributed by atoms with van der Waals surface area (Å²) in [6, 6.07) is 13.4. The Bertz CT molecular complexity index is 731. The van der Waals surface area contributed by atoms with E-state index in [4.69, 9.17) is 9.47 Å². The number of methoxy groups -OCH3 is 2. The van der Waals surface area contributed by atoms with E-state index in [2.05, 4.69) is 30.9 Å². The number of carbonyl (C=O) groups excluding carboxylic acids is 1. The van der Waals surface area contributed by atoms with Crippen LogP contribution in [-0.2, 0) is 0 Å². The molecule has 2 aromatic rings. The Kier molecular flexibility index (Phi) is 6.63. The molecular weight excluding hydrogens is 314 g/mol. The van der Waals surface area contributed by atoms with Crippen molar-refractivity contribution in [2.24, 2.45) is 0 Å². The molecule has 0 spiro atoms. The molecule has 25 heavy (non-hydrogen) atoms. The van der Waals surface area contributed by atoms with Gasteiger partial charge in [0.05, 0.1) is 19.8 Å². The maximum atomic E-state index is 12.5. The lowest BCUT2D eigenvalue weighted by atomic mass is 10.1. The molecule has 2 rings (SSSR count). The summed E-state index contributed by atoms with van der Waals surface area (Å²) in [6.07, 6.45) is 3.37. The van der Waals surface area contributed by atoms with Gasteiger partial charge >= 0.3 is 0 Å². The second-order valence-electron chi connectivity index (χ2n) is 5.53. The van der Waals surface area contributed by atoms with Crippen LogP contribution in [0.5, 0.6) is 11.5 Å². The summed E-state index contributed by atoms with van der Waals surface area (Å²) in [5.74, 6) is 1.04. The molecule has 0 fully saturated rings. The maximum absolute atomic E-state index is 12.5. The Hall–Kier alpha value is -2.75. The first-order valence-corrected chi connectivity index (χ1v) is 8.42. The summed E-state index contributed by atoms with van der Waals surface area (Å²) in [5, 5.41) is 0. The molecule has 0 N–H and O–H groups in total. The van der Waals surface area contributed by atoms with Crippen LogP contribution in [-0.4, -0.2) is 33.1 Å².